The van der Waals surface area contributed by atoms with Crippen LogP contribution in [0.2, 0.25) is 5.54 Å². The molecule has 0 fully saturated rings. The van der Waals surface area contributed by atoms with E-state index in [1.807, 2.05) is 13.8 Å². The molecule has 0 saturated carbocycles. The minimum absolute atomic E-state index is 0.537. The summed E-state index contributed by atoms with van der Waals surface area (Å²) in [7, 11) is -1.08. The Hall–Kier alpha value is 0.0969. The highest BCUT2D eigenvalue weighted by molar-refractivity contribution is 6.46. The van der Waals surface area contributed by atoms with E-state index in [2.05, 4.69) is 6.92 Å². The normalized spacial score (nSPS) is 13.6. The van der Waals surface area contributed by atoms with E-state index in [0.29, 0.717) is 5.54 Å². The van der Waals surface area contributed by atoms with Gasteiger partial charge >= 0.3 is 9.28 Å². The Morgan fingerprint density at radius 3 is 2.00 bits per heavy atom. The second kappa shape index (κ2) is 8.68. The first-order valence-corrected chi connectivity index (χ1v) is 6.51. The summed E-state index contributed by atoms with van der Waals surface area (Å²) < 4.78 is 11.2. The molecule has 0 aliphatic heterocycles. The van der Waals surface area contributed by atoms with Crippen LogP contribution < -0.4 is 5.73 Å². The highest BCUT2D eigenvalue weighted by atomic mass is 28.3. The van der Waals surface area contributed by atoms with Crippen LogP contribution in [-0.2, 0) is 8.85 Å². The van der Waals surface area contributed by atoms with E-state index in [9.17, 15) is 0 Å². The second-order valence-electron chi connectivity index (χ2n) is 2.87. The van der Waals surface area contributed by atoms with Crippen LogP contribution in [-0.4, -0.2) is 29.0 Å². The quantitative estimate of drug-likeness (QED) is 0.612. The van der Waals surface area contributed by atoms with E-state index in [1.165, 1.54) is 0 Å². The van der Waals surface area contributed by atoms with Crippen LogP contribution in [0.4, 0.5) is 0 Å². The van der Waals surface area contributed by atoms with Crippen LogP contribution in [0.1, 0.15) is 33.6 Å². The molecule has 0 saturated heterocycles. The van der Waals surface area contributed by atoms with Crippen molar-refractivity contribution in [2.75, 3.05) is 19.8 Å². The molecule has 0 aromatic rings. The maximum absolute atomic E-state index is 5.61. The fraction of sp³-hybridized carbons (Fsp3) is 1.00. The molecular formula is C9H22NO2Si. The Balaban J connectivity index is 3.94. The molecule has 0 aliphatic carbocycles. The molecule has 0 aliphatic rings. The molecule has 79 valence electrons. The van der Waals surface area contributed by atoms with Crippen LogP contribution in [0.15, 0.2) is 0 Å². The first-order chi connectivity index (χ1) is 6.29. The van der Waals surface area contributed by atoms with E-state index >= 15 is 0 Å². The van der Waals surface area contributed by atoms with Crippen LogP contribution in [0.3, 0.4) is 0 Å². The van der Waals surface area contributed by atoms with Crippen molar-refractivity contribution >= 4 is 9.28 Å². The molecule has 0 amide bonds. The summed E-state index contributed by atoms with van der Waals surface area (Å²) in [6.07, 6.45) is 2.12. The van der Waals surface area contributed by atoms with Crippen LogP contribution >= 0.6 is 0 Å². The fourth-order valence-electron chi connectivity index (χ4n) is 1.25. The second-order valence-corrected chi connectivity index (χ2v) is 4.90. The number of rotatable bonds is 8. The molecule has 4 heteroatoms. The van der Waals surface area contributed by atoms with Crippen molar-refractivity contribution in [2.24, 2.45) is 5.73 Å². The summed E-state index contributed by atoms with van der Waals surface area (Å²) in [6, 6.07) is 0. The van der Waals surface area contributed by atoms with Crippen LogP contribution in [0.25, 0.3) is 0 Å². The van der Waals surface area contributed by atoms with Crippen molar-refractivity contribution in [2.45, 2.75) is 39.2 Å². The lowest BCUT2D eigenvalue weighted by Gasteiger charge is -2.21. The van der Waals surface area contributed by atoms with Gasteiger partial charge in [-0.25, -0.2) is 0 Å². The monoisotopic (exact) mass is 204 g/mol. The third kappa shape index (κ3) is 5.41. The van der Waals surface area contributed by atoms with E-state index in [4.69, 9.17) is 14.6 Å². The lowest BCUT2D eigenvalue weighted by atomic mass is 10.2. The zero-order chi connectivity index (χ0) is 10.1. The highest BCUT2D eigenvalue weighted by Gasteiger charge is 2.25. The topological polar surface area (TPSA) is 44.5 Å². The number of hydrogen-bond acceptors (Lipinski definition) is 3. The van der Waals surface area contributed by atoms with Gasteiger partial charge in [-0.2, -0.15) is 0 Å². The van der Waals surface area contributed by atoms with Crippen molar-refractivity contribution in [3.8, 4) is 0 Å². The first kappa shape index (κ1) is 13.1. The van der Waals surface area contributed by atoms with Crippen molar-refractivity contribution < 1.29 is 8.85 Å². The third-order valence-corrected chi connectivity index (χ3v) is 4.42. The minimum atomic E-state index is -1.08. The summed E-state index contributed by atoms with van der Waals surface area (Å²) in [6.45, 7) is 8.41. The maximum atomic E-state index is 5.61. The summed E-state index contributed by atoms with van der Waals surface area (Å²) in [5.41, 5.74) is 6.08. The van der Waals surface area contributed by atoms with Gasteiger partial charge in [-0.15, -0.1) is 0 Å². The van der Waals surface area contributed by atoms with E-state index < -0.39 is 9.28 Å². The summed E-state index contributed by atoms with van der Waals surface area (Å²) in [5.74, 6) is 0. The molecule has 2 N–H and O–H groups in total. The predicted molar refractivity (Wildman–Crippen MR) is 56.7 cm³/mol. The summed E-state index contributed by atoms with van der Waals surface area (Å²) >= 11 is 0. The van der Waals surface area contributed by atoms with E-state index in [0.717, 1.165) is 32.6 Å². The Morgan fingerprint density at radius 1 is 1.15 bits per heavy atom. The van der Waals surface area contributed by atoms with Crippen molar-refractivity contribution in [1.29, 1.82) is 0 Å². The maximum Gasteiger partial charge on any atom is 0.388 e. The largest absolute Gasteiger partial charge is 0.393 e. The van der Waals surface area contributed by atoms with Gasteiger partial charge in [0.05, 0.1) is 0 Å². The molecule has 0 spiro atoms. The van der Waals surface area contributed by atoms with E-state index in [-0.39, 0.29) is 0 Å². The number of hydrogen-bond donors (Lipinski definition) is 1. The average Bonchev–Trinajstić information content (AvgIpc) is 2.14. The third-order valence-electron chi connectivity index (χ3n) is 1.91. The van der Waals surface area contributed by atoms with Crippen LogP contribution in [0, 0.1) is 0 Å². The molecule has 0 heterocycles. The van der Waals surface area contributed by atoms with Gasteiger partial charge in [-0.3, -0.25) is 0 Å². The van der Waals surface area contributed by atoms with Gasteiger partial charge in [-0.05, 0) is 26.8 Å². The lowest BCUT2D eigenvalue weighted by Crippen LogP contribution is -2.30. The van der Waals surface area contributed by atoms with Gasteiger partial charge in [0.15, 0.2) is 0 Å². The van der Waals surface area contributed by atoms with Gasteiger partial charge in [0, 0.05) is 18.8 Å². The molecule has 13 heavy (non-hydrogen) atoms. The van der Waals surface area contributed by atoms with E-state index in [1.54, 1.807) is 0 Å². The zero-order valence-corrected chi connectivity index (χ0v) is 10.0. The fourth-order valence-corrected chi connectivity index (χ4v) is 3.11. The first-order valence-electron chi connectivity index (χ1n) is 5.12. The summed E-state index contributed by atoms with van der Waals surface area (Å²) in [5, 5.41) is 0. The summed E-state index contributed by atoms with van der Waals surface area (Å²) in [4.78, 5) is 0. The van der Waals surface area contributed by atoms with Crippen LogP contribution in [0.5, 0.6) is 0 Å². The Morgan fingerprint density at radius 2 is 1.69 bits per heavy atom. The average molecular weight is 204 g/mol. The van der Waals surface area contributed by atoms with Gasteiger partial charge in [0.1, 0.15) is 0 Å². The molecule has 0 rings (SSSR count). The molecule has 1 unspecified atom stereocenters. The Bertz CT molecular complexity index is 108. The van der Waals surface area contributed by atoms with Gasteiger partial charge in [0.2, 0.25) is 0 Å². The minimum Gasteiger partial charge on any atom is -0.393 e. The molecular weight excluding hydrogens is 182 g/mol. The lowest BCUT2D eigenvalue weighted by molar-refractivity contribution is 0.201. The smallest absolute Gasteiger partial charge is 0.388 e. The van der Waals surface area contributed by atoms with Gasteiger partial charge < -0.3 is 14.6 Å². The van der Waals surface area contributed by atoms with Gasteiger partial charge in [-0.1, -0.05) is 13.3 Å². The SMILES string of the molecule is CCO[Si](OCC)C(CC)CCN. The molecule has 0 aromatic carbocycles. The molecule has 3 nitrogen and oxygen atoms in total. The predicted octanol–water partition coefficient (Wildman–Crippen LogP) is 1.68. The molecule has 1 radical (unpaired) electrons. The Labute approximate surface area is 83.5 Å². The van der Waals surface area contributed by atoms with Crippen molar-refractivity contribution in [3.63, 3.8) is 0 Å². The van der Waals surface area contributed by atoms with Crippen molar-refractivity contribution in [3.05, 3.63) is 0 Å². The Kier molecular flexibility index (Phi) is 8.75. The zero-order valence-electron chi connectivity index (χ0n) is 9.01. The standard InChI is InChI=1S/C9H22NO2Si/c1-4-9(7-8-10)13(11-5-2)12-6-3/h9H,4-8,10H2,1-3H3. The molecule has 1 atom stereocenters. The van der Waals surface area contributed by atoms with Crippen molar-refractivity contribution in [1.82, 2.24) is 0 Å². The van der Waals surface area contributed by atoms with Gasteiger partial charge in [0.25, 0.3) is 0 Å². The molecule has 0 bridgehead atoms. The number of nitrogens with two attached hydrogens (primary N) is 1. The molecule has 0 aromatic heterocycles. The highest BCUT2D eigenvalue weighted by Crippen LogP contribution is 2.20.